The fourth-order valence-electron chi connectivity index (χ4n) is 2.62. The fraction of sp³-hybridized carbons (Fsp3) is 0.462. The van der Waals surface area contributed by atoms with Crippen LogP contribution in [0.3, 0.4) is 0 Å². The van der Waals surface area contributed by atoms with Crippen LogP contribution in [0.25, 0.3) is 11.1 Å². The number of aromatic amines is 1. The Morgan fingerprint density at radius 2 is 2.37 bits per heavy atom. The number of fused-ring (bicyclic) bond motifs is 1. The predicted octanol–water partition coefficient (Wildman–Crippen LogP) is 0.0245. The van der Waals surface area contributed by atoms with Gasteiger partial charge in [-0.25, -0.2) is 4.79 Å². The Morgan fingerprint density at radius 3 is 3.16 bits per heavy atom. The third-order valence-electron chi connectivity index (χ3n) is 3.81. The monoisotopic (exact) mass is 262 g/mol. The van der Waals surface area contributed by atoms with Gasteiger partial charge in [0.15, 0.2) is 5.58 Å². The molecule has 19 heavy (non-hydrogen) atoms. The van der Waals surface area contributed by atoms with Gasteiger partial charge in [0.2, 0.25) is 0 Å². The molecule has 0 aliphatic carbocycles. The zero-order valence-corrected chi connectivity index (χ0v) is 10.8. The van der Waals surface area contributed by atoms with Crippen molar-refractivity contribution in [2.75, 3.05) is 26.7 Å². The Labute approximate surface area is 110 Å². The van der Waals surface area contributed by atoms with Gasteiger partial charge < -0.3 is 15.5 Å². The van der Waals surface area contributed by atoms with E-state index in [1.165, 1.54) is 0 Å². The summed E-state index contributed by atoms with van der Waals surface area (Å²) in [6, 6.07) is 5.77. The maximum Gasteiger partial charge on any atom is 0.417 e. The van der Waals surface area contributed by atoms with Gasteiger partial charge in [-0.1, -0.05) is 6.07 Å². The maximum absolute atomic E-state index is 11.2. The first-order chi connectivity index (χ1) is 9.15. The van der Waals surface area contributed by atoms with Gasteiger partial charge in [-0.05, 0) is 24.7 Å². The summed E-state index contributed by atoms with van der Waals surface area (Å²) in [6.07, 6.45) is 0. The maximum atomic E-state index is 11.2. The van der Waals surface area contributed by atoms with Crippen LogP contribution in [0.2, 0.25) is 0 Å². The number of aromatic nitrogens is 1. The summed E-state index contributed by atoms with van der Waals surface area (Å²) in [4.78, 5) is 16.0. The first-order valence-electron chi connectivity index (χ1n) is 6.44. The summed E-state index contributed by atoms with van der Waals surface area (Å²) in [7, 11) is 2.08. The minimum atomic E-state index is -0.433. The molecule has 1 aromatic carbocycles. The number of benzene rings is 1. The lowest BCUT2D eigenvalue weighted by Crippen LogP contribution is -2.53. The Kier molecular flexibility index (Phi) is 3.14. The number of hydrogen-bond acceptors (Lipinski definition) is 5. The van der Waals surface area contributed by atoms with E-state index in [9.17, 15) is 4.79 Å². The fourth-order valence-corrected chi connectivity index (χ4v) is 2.62. The van der Waals surface area contributed by atoms with E-state index in [-0.39, 0.29) is 12.1 Å². The lowest BCUT2D eigenvalue weighted by atomic mass is 9.97. The van der Waals surface area contributed by atoms with Crippen LogP contribution in [0, 0.1) is 0 Å². The summed E-state index contributed by atoms with van der Waals surface area (Å²) in [6.45, 7) is 2.85. The largest absolute Gasteiger partial charge is 0.417 e. The molecule has 6 heteroatoms. The molecule has 0 saturated carbocycles. The highest BCUT2D eigenvalue weighted by molar-refractivity contribution is 5.72. The van der Waals surface area contributed by atoms with Crippen LogP contribution in [0.5, 0.6) is 0 Å². The Bertz CT molecular complexity index is 633. The molecule has 102 valence electrons. The summed E-state index contributed by atoms with van der Waals surface area (Å²) in [5, 5.41) is 3.36. The molecule has 1 fully saturated rings. The van der Waals surface area contributed by atoms with Crippen molar-refractivity contribution in [3.63, 3.8) is 0 Å². The topological polar surface area (TPSA) is 87.3 Å². The quantitative estimate of drug-likeness (QED) is 0.710. The number of nitrogens with two attached hydrogens (primary N) is 1. The molecular weight excluding hydrogens is 244 g/mol. The van der Waals surface area contributed by atoms with Crippen LogP contribution in [-0.2, 0) is 0 Å². The molecule has 6 nitrogen and oxygen atoms in total. The molecule has 0 spiro atoms. The molecule has 0 radical (unpaired) electrons. The normalized spacial score (nSPS) is 22.7. The van der Waals surface area contributed by atoms with Crippen LogP contribution < -0.4 is 16.8 Å². The van der Waals surface area contributed by atoms with E-state index in [0.717, 1.165) is 25.2 Å². The van der Waals surface area contributed by atoms with Gasteiger partial charge in [-0.15, -0.1) is 0 Å². The first-order valence-corrected chi connectivity index (χ1v) is 6.44. The van der Waals surface area contributed by atoms with E-state index >= 15 is 0 Å². The van der Waals surface area contributed by atoms with Gasteiger partial charge >= 0.3 is 5.76 Å². The molecule has 1 saturated heterocycles. The molecule has 1 aromatic heterocycles. The van der Waals surface area contributed by atoms with Crippen molar-refractivity contribution in [2.45, 2.75) is 12.1 Å². The number of hydrogen-bond donors (Lipinski definition) is 3. The summed E-state index contributed by atoms with van der Waals surface area (Å²) in [5.74, 6) is -0.433. The zero-order chi connectivity index (χ0) is 13.4. The lowest BCUT2D eigenvalue weighted by Gasteiger charge is -2.37. The van der Waals surface area contributed by atoms with E-state index in [4.69, 9.17) is 10.2 Å². The van der Waals surface area contributed by atoms with Crippen LogP contribution in [0.15, 0.2) is 27.4 Å². The van der Waals surface area contributed by atoms with Gasteiger partial charge in [0, 0.05) is 31.7 Å². The second-order valence-corrected chi connectivity index (χ2v) is 5.05. The van der Waals surface area contributed by atoms with E-state index in [1.807, 2.05) is 18.2 Å². The molecule has 2 atom stereocenters. The van der Waals surface area contributed by atoms with Crippen LogP contribution in [-0.4, -0.2) is 42.6 Å². The molecule has 1 aliphatic heterocycles. The van der Waals surface area contributed by atoms with Crippen molar-refractivity contribution in [3.8, 4) is 0 Å². The molecule has 0 bridgehead atoms. The highest BCUT2D eigenvalue weighted by Crippen LogP contribution is 2.22. The highest BCUT2D eigenvalue weighted by Gasteiger charge is 2.26. The predicted molar refractivity (Wildman–Crippen MR) is 73.1 cm³/mol. The number of oxazole rings is 1. The average Bonchev–Trinajstić information content (AvgIpc) is 2.77. The molecule has 3 rings (SSSR count). The lowest BCUT2D eigenvalue weighted by molar-refractivity contribution is 0.174. The molecule has 1 aliphatic rings. The number of piperazine rings is 1. The van der Waals surface area contributed by atoms with Crippen molar-refractivity contribution < 1.29 is 4.42 Å². The molecule has 0 amide bonds. The standard InChI is InChI=1S/C13H18N4O2/c1-17-5-4-15-7-10(17)12(14)8-2-3-9-11(6-8)19-13(18)16-9/h2-3,6,10,12,15H,4-5,7,14H2,1H3,(H,16,18). The van der Waals surface area contributed by atoms with E-state index in [2.05, 4.69) is 22.2 Å². The SMILES string of the molecule is CN1CCNCC1C(N)c1ccc2[nH]c(=O)oc2c1. The van der Waals surface area contributed by atoms with Crippen LogP contribution >= 0.6 is 0 Å². The molecule has 2 aromatic rings. The van der Waals surface area contributed by atoms with E-state index in [1.54, 1.807) is 0 Å². The van der Waals surface area contributed by atoms with Crippen molar-refractivity contribution in [1.29, 1.82) is 0 Å². The number of rotatable bonds is 2. The molecular formula is C13H18N4O2. The molecule has 4 N–H and O–H groups in total. The zero-order valence-electron chi connectivity index (χ0n) is 10.8. The highest BCUT2D eigenvalue weighted by atomic mass is 16.4. The third kappa shape index (κ3) is 2.30. The average molecular weight is 262 g/mol. The molecule has 2 unspecified atom stereocenters. The number of nitrogens with zero attached hydrogens (tertiary/aromatic N) is 1. The van der Waals surface area contributed by atoms with E-state index in [0.29, 0.717) is 11.1 Å². The van der Waals surface area contributed by atoms with Crippen molar-refractivity contribution in [1.82, 2.24) is 15.2 Å². The Morgan fingerprint density at radius 1 is 1.53 bits per heavy atom. The summed E-state index contributed by atoms with van der Waals surface area (Å²) >= 11 is 0. The first kappa shape index (κ1) is 12.4. The minimum Gasteiger partial charge on any atom is -0.408 e. The van der Waals surface area contributed by atoms with Crippen molar-refractivity contribution in [3.05, 3.63) is 34.3 Å². The number of H-pyrrole nitrogens is 1. The third-order valence-corrected chi connectivity index (χ3v) is 3.81. The van der Waals surface area contributed by atoms with Gasteiger partial charge in [0.1, 0.15) is 0 Å². The minimum absolute atomic E-state index is 0.109. The summed E-state index contributed by atoms with van der Waals surface area (Å²) < 4.78 is 5.08. The number of likely N-dealkylation sites (N-methyl/N-ethyl adjacent to an activating group) is 1. The Balaban J connectivity index is 1.91. The van der Waals surface area contributed by atoms with Gasteiger partial charge in [-0.2, -0.15) is 0 Å². The van der Waals surface area contributed by atoms with Crippen molar-refractivity contribution in [2.24, 2.45) is 5.73 Å². The van der Waals surface area contributed by atoms with Crippen LogP contribution in [0.1, 0.15) is 11.6 Å². The van der Waals surface area contributed by atoms with Gasteiger partial charge in [-0.3, -0.25) is 9.88 Å². The van der Waals surface area contributed by atoms with Crippen LogP contribution in [0.4, 0.5) is 0 Å². The smallest absolute Gasteiger partial charge is 0.408 e. The van der Waals surface area contributed by atoms with Gasteiger partial charge in [0.25, 0.3) is 0 Å². The second-order valence-electron chi connectivity index (χ2n) is 5.05. The Hall–Kier alpha value is -1.63. The molecule has 2 heterocycles. The van der Waals surface area contributed by atoms with Gasteiger partial charge in [0.05, 0.1) is 5.52 Å². The summed E-state index contributed by atoms with van der Waals surface area (Å²) in [5.41, 5.74) is 8.59. The van der Waals surface area contributed by atoms with E-state index < -0.39 is 5.76 Å². The second kappa shape index (κ2) is 4.80. The number of nitrogens with one attached hydrogen (secondary N) is 2. The van der Waals surface area contributed by atoms with Crippen molar-refractivity contribution >= 4 is 11.1 Å².